The molecule has 1 aliphatic rings. The van der Waals surface area contributed by atoms with Gasteiger partial charge in [-0.3, -0.25) is 4.79 Å². The fraction of sp³-hybridized carbons (Fsp3) is 0.150. The summed E-state index contributed by atoms with van der Waals surface area (Å²) in [5.41, 5.74) is 0.397. The average molecular weight is 452 g/mol. The fourth-order valence-corrected chi connectivity index (χ4v) is 5.93. The normalized spacial score (nSPS) is 17.0. The summed E-state index contributed by atoms with van der Waals surface area (Å²) in [6.45, 7) is -0.193. The Morgan fingerprint density at radius 1 is 1.00 bits per heavy atom. The second-order valence-corrected chi connectivity index (χ2v) is 9.49. The van der Waals surface area contributed by atoms with Crippen LogP contribution in [0.3, 0.4) is 0 Å². The number of aromatic nitrogens is 1. The number of carbonyl (C=O) groups is 1. The summed E-state index contributed by atoms with van der Waals surface area (Å²) >= 11 is 1.20. The fourth-order valence-electron chi connectivity index (χ4n) is 3.26. The SMILES string of the molecule is O=C1CSC(c2cccn2S(=O)(=O)c2ccccc2)N1Cc1cc(F)c(F)c(F)c1. The van der Waals surface area contributed by atoms with Gasteiger partial charge in [0.05, 0.1) is 16.3 Å². The van der Waals surface area contributed by atoms with E-state index in [-0.39, 0.29) is 28.7 Å². The predicted molar refractivity (Wildman–Crippen MR) is 106 cm³/mol. The van der Waals surface area contributed by atoms with E-state index >= 15 is 0 Å². The second kappa shape index (κ2) is 7.84. The lowest BCUT2D eigenvalue weighted by atomic mass is 10.2. The molecule has 156 valence electrons. The Labute approximate surface area is 175 Å². The van der Waals surface area contributed by atoms with E-state index in [1.807, 2.05) is 0 Å². The molecule has 4 rings (SSSR count). The van der Waals surface area contributed by atoms with Crippen LogP contribution in [-0.2, 0) is 21.4 Å². The Morgan fingerprint density at radius 3 is 2.33 bits per heavy atom. The van der Waals surface area contributed by atoms with Gasteiger partial charge in [-0.1, -0.05) is 18.2 Å². The highest BCUT2D eigenvalue weighted by atomic mass is 32.2. The zero-order valence-electron chi connectivity index (χ0n) is 15.3. The first kappa shape index (κ1) is 20.5. The van der Waals surface area contributed by atoms with E-state index in [1.165, 1.54) is 35.0 Å². The third kappa shape index (κ3) is 3.61. The first-order valence-electron chi connectivity index (χ1n) is 8.81. The molecule has 1 aliphatic heterocycles. The average Bonchev–Trinajstić information content (AvgIpc) is 3.34. The lowest BCUT2D eigenvalue weighted by Gasteiger charge is -2.25. The Balaban J connectivity index is 1.70. The third-order valence-corrected chi connectivity index (χ3v) is 7.60. The number of thioether (sulfide) groups is 1. The van der Waals surface area contributed by atoms with Crippen molar-refractivity contribution in [2.75, 3.05) is 5.75 Å². The number of nitrogens with zero attached hydrogens (tertiary/aromatic N) is 2. The van der Waals surface area contributed by atoms with Crippen molar-refractivity contribution >= 4 is 27.7 Å². The minimum absolute atomic E-state index is 0.0660. The molecule has 0 radical (unpaired) electrons. The van der Waals surface area contributed by atoms with Gasteiger partial charge in [-0.25, -0.2) is 25.6 Å². The number of rotatable bonds is 5. The zero-order valence-corrected chi connectivity index (χ0v) is 17.0. The number of benzene rings is 2. The third-order valence-electron chi connectivity index (χ3n) is 4.66. The Morgan fingerprint density at radius 2 is 1.67 bits per heavy atom. The molecular weight excluding hydrogens is 437 g/mol. The molecule has 0 bridgehead atoms. The van der Waals surface area contributed by atoms with Gasteiger partial charge < -0.3 is 4.90 Å². The number of hydrogen-bond donors (Lipinski definition) is 0. The molecule has 3 aromatic rings. The van der Waals surface area contributed by atoms with Crippen LogP contribution in [0.4, 0.5) is 13.2 Å². The molecule has 1 unspecified atom stereocenters. The van der Waals surface area contributed by atoms with Gasteiger partial charge in [0.25, 0.3) is 10.0 Å². The van der Waals surface area contributed by atoms with E-state index in [9.17, 15) is 26.4 Å². The van der Waals surface area contributed by atoms with Gasteiger partial charge in [-0.15, -0.1) is 11.8 Å². The zero-order chi connectivity index (χ0) is 21.5. The molecule has 1 atom stereocenters. The number of halogens is 3. The van der Waals surface area contributed by atoms with E-state index in [4.69, 9.17) is 0 Å². The molecule has 1 amide bonds. The van der Waals surface area contributed by atoms with E-state index in [1.54, 1.807) is 30.3 Å². The molecule has 2 heterocycles. The molecule has 1 saturated heterocycles. The lowest BCUT2D eigenvalue weighted by molar-refractivity contribution is -0.128. The molecule has 30 heavy (non-hydrogen) atoms. The molecule has 0 aliphatic carbocycles. The van der Waals surface area contributed by atoms with Crippen molar-refractivity contribution in [2.24, 2.45) is 0 Å². The topological polar surface area (TPSA) is 59.4 Å². The second-order valence-electron chi connectivity index (χ2n) is 6.61. The number of hydrogen-bond acceptors (Lipinski definition) is 4. The highest BCUT2D eigenvalue weighted by Crippen LogP contribution is 2.40. The molecular formula is C20H15F3N2O3S2. The molecule has 0 spiro atoms. The van der Waals surface area contributed by atoms with Crippen LogP contribution < -0.4 is 0 Å². The number of carbonyl (C=O) groups excluding carboxylic acids is 1. The van der Waals surface area contributed by atoms with Gasteiger partial charge in [0.15, 0.2) is 17.5 Å². The van der Waals surface area contributed by atoms with Gasteiger partial charge in [0.1, 0.15) is 5.37 Å². The van der Waals surface area contributed by atoms with E-state index in [2.05, 4.69) is 0 Å². The van der Waals surface area contributed by atoms with Crippen LogP contribution in [0, 0.1) is 17.5 Å². The van der Waals surface area contributed by atoms with Crippen LogP contribution >= 0.6 is 11.8 Å². The predicted octanol–water partition coefficient (Wildman–Crippen LogP) is 3.92. The van der Waals surface area contributed by atoms with Gasteiger partial charge in [0, 0.05) is 12.7 Å². The van der Waals surface area contributed by atoms with E-state index in [0.717, 1.165) is 16.1 Å². The molecule has 0 saturated carbocycles. The van der Waals surface area contributed by atoms with Crippen LogP contribution in [0.5, 0.6) is 0 Å². The van der Waals surface area contributed by atoms with Crippen LogP contribution in [0.1, 0.15) is 16.6 Å². The molecule has 1 fully saturated rings. The van der Waals surface area contributed by atoms with Crippen molar-refractivity contribution in [3.63, 3.8) is 0 Å². The molecule has 1 aromatic heterocycles. The summed E-state index contributed by atoms with van der Waals surface area (Å²) in [5, 5.41) is -0.692. The minimum Gasteiger partial charge on any atom is -0.320 e. The smallest absolute Gasteiger partial charge is 0.267 e. The maximum atomic E-state index is 13.6. The van der Waals surface area contributed by atoms with Gasteiger partial charge >= 0.3 is 0 Å². The van der Waals surface area contributed by atoms with E-state index in [0.29, 0.717) is 5.69 Å². The summed E-state index contributed by atoms with van der Waals surface area (Å²) in [6, 6.07) is 12.6. The van der Waals surface area contributed by atoms with Crippen LogP contribution in [0.15, 0.2) is 65.7 Å². The van der Waals surface area contributed by atoms with Crippen LogP contribution in [-0.4, -0.2) is 29.0 Å². The lowest BCUT2D eigenvalue weighted by Crippen LogP contribution is -2.29. The highest BCUT2D eigenvalue weighted by Gasteiger charge is 2.36. The van der Waals surface area contributed by atoms with Gasteiger partial charge in [-0.2, -0.15) is 0 Å². The Bertz CT molecular complexity index is 1190. The largest absolute Gasteiger partial charge is 0.320 e. The first-order chi connectivity index (χ1) is 14.3. The standard InChI is InChI=1S/C20H15F3N2O3S2/c21-15-9-13(10-16(22)19(15)23)11-24-18(26)12-29-20(24)17-7-4-8-25(17)30(27,28)14-5-2-1-3-6-14/h1-10,20H,11-12H2. The summed E-state index contributed by atoms with van der Waals surface area (Å²) in [7, 11) is -3.90. The van der Waals surface area contributed by atoms with Crippen molar-refractivity contribution in [1.29, 1.82) is 0 Å². The monoisotopic (exact) mass is 452 g/mol. The van der Waals surface area contributed by atoms with Crippen molar-refractivity contribution in [3.8, 4) is 0 Å². The Hall–Kier alpha value is -2.72. The molecule has 0 N–H and O–H groups in total. The first-order valence-corrected chi connectivity index (χ1v) is 11.3. The van der Waals surface area contributed by atoms with Gasteiger partial charge in [0.2, 0.25) is 5.91 Å². The van der Waals surface area contributed by atoms with Crippen molar-refractivity contribution < 1.29 is 26.4 Å². The van der Waals surface area contributed by atoms with Crippen molar-refractivity contribution in [1.82, 2.24) is 8.87 Å². The maximum Gasteiger partial charge on any atom is 0.267 e. The van der Waals surface area contributed by atoms with Crippen LogP contribution in [0.2, 0.25) is 0 Å². The quantitative estimate of drug-likeness (QED) is 0.551. The summed E-state index contributed by atoms with van der Waals surface area (Å²) in [5.74, 6) is -4.53. The Kier molecular flexibility index (Phi) is 5.37. The maximum absolute atomic E-state index is 13.6. The van der Waals surface area contributed by atoms with Gasteiger partial charge in [-0.05, 0) is 42.0 Å². The number of amides is 1. The minimum atomic E-state index is -3.90. The molecule has 2 aromatic carbocycles. The van der Waals surface area contributed by atoms with Crippen molar-refractivity contribution in [2.45, 2.75) is 16.8 Å². The highest BCUT2D eigenvalue weighted by molar-refractivity contribution is 8.00. The summed E-state index contributed by atoms with van der Waals surface area (Å²) in [6.07, 6.45) is 1.39. The molecule has 5 nitrogen and oxygen atoms in total. The van der Waals surface area contributed by atoms with Crippen LogP contribution in [0.25, 0.3) is 0 Å². The summed E-state index contributed by atoms with van der Waals surface area (Å²) < 4.78 is 67.6. The summed E-state index contributed by atoms with van der Waals surface area (Å²) in [4.78, 5) is 13.8. The van der Waals surface area contributed by atoms with Crippen molar-refractivity contribution in [3.05, 3.63) is 89.5 Å². The molecule has 10 heteroatoms. The van der Waals surface area contributed by atoms with E-state index < -0.39 is 32.8 Å².